The number of hydrogen-bond donors (Lipinski definition) is 0. The van der Waals surface area contributed by atoms with Gasteiger partial charge in [-0.2, -0.15) is 0 Å². The molecular formula is C7H7N2O2. The molecule has 57 valence electrons. The van der Waals surface area contributed by atoms with Gasteiger partial charge in [0.1, 0.15) is 5.69 Å². The zero-order chi connectivity index (χ0) is 8.27. The maximum absolute atomic E-state index is 10.3. The molecule has 0 atom stereocenters. The molecule has 0 unspecified atom stereocenters. The van der Waals surface area contributed by atoms with Gasteiger partial charge in [0.15, 0.2) is 0 Å². The Kier molecular flexibility index (Phi) is 2.06. The fourth-order valence-electron chi connectivity index (χ4n) is 0.808. The summed E-state index contributed by atoms with van der Waals surface area (Å²) in [6, 6.07) is 6.38. The topological polar surface area (TPSA) is 57.2 Å². The van der Waals surface area contributed by atoms with Crippen molar-refractivity contribution in [3.63, 3.8) is 0 Å². The SMILES string of the molecule is C[N]c1ccccc1[N+](=O)[O-]. The standard InChI is InChI=1S/C7H7N2O2/c1-8-6-4-2-3-5-7(6)9(10)11/h2-5H,1H3. The van der Waals surface area contributed by atoms with Gasteiger partial charge in [0.25, 0.3) is 5.69 Å². The highest BCUT2D eigenvalue weighted by Crippen LogP contribution is 2.21. The third-order valence-corrected chi connectivity index (χ3v) is 1.32. The van der Waals surface area contributed by atoms with Crippen LogP contribution in [0.5, 0.6) is 0 Å². The van der Waals surface area contributed by atoms with Crippen molar-refractivity contribution in [2.75, 3.05) is 7.05 Å². The molecule has 0 aliphatic carbocycles. The maximum Gasteiger partial charge on any atom is 0.294 e. The molecule has 0 aliphatic rings. The lowest BCUT2D eigenvalue weighted by Crippen LogP contribution is -1.94. The zero-order valence-corrected chi connectivity index (χ0v) is 6.02. The Labute approximate surface area is 64.0 Å². The Hall–Kier alpha value is -1.58. The molecular weight excluding hydrogens is 144 g/mol. The van der Waals surface area contributed by atoms with Crippen LogP contribution in [0.25, 0.3) is 0 Å². The molecule has 4 heteroatoms. The van der Waals surface area contributed by atoms with E-state index in [9.17, 15) is 10.1 Å². The average molecular weight is 151 g/mol. The molecule has 0 fully saturated rings. The second kappa shape index (κ2) is 3.01. The van der Waals surface area contributed by atoms with E-state index in [0.29, 0.717) is 5.69 Å². The monoisotopic (exact) mass is 151 g/mol. The molecule has 0 saturated heterocycles. The van der Waals surface area contributed by atoms with Crippen molar-refractivity contribution in [2.45, 2.75) is 0 Å². The lowest BCUT2D eigenvalue weighted by molar-refractivity contribution is -0.384. The van der Waals surface area contributed by atoms with Crippen LogP contribution in [-0.4, -0.2) is 12.0 Å². The molecule has 1 rings (SSSR count). The number of nitro groups is 1. The summed E-state index contributed by atoms with van der Waals surface area (Å²) in [5.74, 6) is 0. The van der Waals surface area contributed by atoms with Gasteiger partial charge in [0.05, 0.1) is 4.92 Å². The summed E-state index contributed by atoms with van der Waals surface area (Å²) in [6.07, 6.45) is 0. The number of hydrogen-bond acceptors (Lipinski definition) is 2. The first-order valence-electron chi connectivity index (χ1n) is 3.09. The van der Waals surface area contributed by atoms with E-state index in [0.717, 1.165) is 0 Å². The Balaban J connectivity index is 3.12. The largest absolute Gasteiger partial charge is 0.294 e. The summed E-state index contributed by atoms with van der Waals surface area (Å²) < 4.78 is 0. The lowest BCUT2D eigenvalue weighted by atomic mass is 10.3. The minimum Gasteiger partial charge on any atom is -0.282 e. The van der Waals surface area contributed by atoms with Gasteiger partial charge in [-0.25, -0.2) is 0 Å². The van der Waals surface area contributed by atoms with Crippen LogP contribution in [0.3, 0.4) is 0 Å². The van der Waals surface area contributed by atoms with Crippen LogP contribution in [0.4, 0.5) is 11.4 Å². The first-order chi connectivity index (χ1) is 5.25. The van der Waals surface area contributed by atoms with Crippen molar-refractivity contribution >= 4 is 11.4 Å². The molecule has 0 heterocycles. The number of para-hydroxylation sites is 2. The highest BCUT2D eigenvalue weighted by molar-refractivity contribution is 5.55. The highest BCUT2D eigenvalue weighted by Gasteiger charge is 2.10. The van der Waals surface area contributed by atoms with Crippen molar-refractivity contribution < 1.29 is 4.92 Å². The molecule has 4 nitrogen and oxygen atoms in total. The molecule has 1 aromatic rings. The van der Waals surface area contributed by atoms with Crippen molar-refractivity contribution in [3.05, 3.63) is 34.4 Å². The minimum absolute atomic E-state index is 0.0509. The van der Waals surface area contributed by atoms with Gasteiger partial charge >= 0.3 is 0 Å². The molecule has 0 bridgehead atoms. The number of nitro benzene ring substituents is 1. The lowest BCUT2D eigenvalue weighted by Gasteiger charge is -1.96. The fourth-order valence-corrected chi connectivity index (χ4v) is 0.808. The van der Waals surface area contributed by atoms with Crippen molar-refractivity contribution in [3.8, 4) is 0 Å². The van der Waals surface area contributed by atoms with E-state index in [4.69, 9.17) is 0 Å². The summed E-state index contributed by atoms with van der Waals surface area (Å²) in [7, 11) is 1.53. The Morgan fingerprint density at radius 1 is 1.45 bits per heavy atom. The van der Waals surface area contributed by atoms with Crippen LogP contribution < -0.4 is 5.32 Å². The third kappa shape index (κ3) is 1.46. The van der Waals surface area contributed by atoms with Gasteiger partial charge in [-0.15, -0.1) is 0 Å². The molecule has 0 saturated carbocycles. The summed E-state index contributed by atoms with van der Waals surface area (Å²) in [5.41, 5.74) is 0.465. The van der Waals surface area contributed by atoms with Crippen molar-refractivity contribution in [1.29, 1.82) is 0 Å². The third-order valence-electron chi connectivity index (χ3n) is 1.32. The molecule has 1 aromatic carbocycles. The molecule has 11 heavy (non-hydrogen) atoms. The number of nitrogens with zero attached hydrogens (tertiary/aromatic N) is 2. The van der Waals surface area contributed by atoms with Crippen LogP contribution in [0, 0.1) is 10.1 Å². The fraction of sp³-hybridized carbons (Fsp3) is 0.143. The van der Waals surface area contributed by atoms with Crippen LogP contribution in [0.2, 0.25) is 0 Å². The van der Waals surface area contributed by atoms with E-state index in [1.807, 2.05) is 0 Å². The predicted molar refractivity (Wildman–Crippen MR) is 40.8 cm³/mol. The first kappa shape index (κ1) is 7.53. The van der Waals surface area contributed by atoms with Gasteiger partial charge < -0.3 is 0 Å². The second-order valence-electron chi connectivity index (χ2n) is 1.97. The summed E-state index contributed by atoms with van der Waals surface area (Å²) in [6.45, 7) is 0. The van der Waals surface area contributed by atoms with E-state index in [1.54, 1.807) is 18.2 Å². The Bertz CT molecular complexity index is 273. The maximum atomic E-state index is 10.3. The summed E-state index contributed by atoms with van der Waals surface area (Å²) in [4.78, 5) is 9.88. The van der Waals surface area contributed by atoms with E-state index >= 15 is 0 Å². The van der Waals surface area contributed by atoms with Crippen molar-refractivity contribution in [2.24, 2.45) is 0 Å². The average Bonchev–Trinajstić information content (AvgIpc) is 2.04. The number of rotatable bonds is 2. The molecule has 1 radical (unpaired) electrons. The van der Waals surface area contributed by atoms with Crippen LogP contribution in [0.1, 0.15) is 0 Å². The molecule has 0 spiro atoms. The van der Waals surface area contributed by atoms with Crippen LogP contribution in [-0.2, 0) is 0 Å². The summed E-state index contributed by atoms with van der Waals surface area (Å²) in [5, 5.41) is 14.1. The van der Waals surface area contributed by atoms with Gasteiger partial charge in [-0.1, -0.05) is 12.1 Å². The summed E-state index contributed by atoms with van der Waals surface area (Å²) >= 11 is 0. The minimum atomic E-state index is -0.442. The first-order valence-corrected chi connectivity index (χ1v) is 3.09. The quantitative estimate of drug-likeness (QED) is 0.474. The van der Waals surface area contributed by atoms with Crippen LogP contribution >= 0.6 is 0 Å². The van der Waals surface area contributed by atoms with E-state index < -0.39 is 4.92 Å². The van der Waals surface area contributed by atoms with E-state index in [1.165, 1.54) is 13.1 Å². The normalized spacial score (nSPS) is 9.18. The Morgan fingerprint density at radius 2 is 2.09 bits per heavy atom. The molecule has 0 aliphatic heterocycles. The molecule has 0 N–H and O–H groups in total. The van der Waals surface area contributed by atoms with Crippen molar-refractivity contribution in [1.82, 2.24) is 5.32 Å². The zero-order valence-electron chi connectivity index (χ0n) is 6.02. The molecule has 0 amide bonds. The van der Waals surface area contributed by atoms with Gasteiger partial charge in [0, 0.05) is 13.1 Å². The number of benzene rings is 1. The van der Waals surface area contributed by atoms with Crippen LogP contribution in [0.15, 0.2) is 24.3 Å². The Morgan fingerprint density at radius 3 is 2.55 bits per heavy atom. The van der Waals surface area contributed by atoms with Gasteiger partial charge in [-0.05, 0) is 6.07 Å². The smallest absolute Gasteiger partial charge is 0.282 e. The predicted octanol–water partition coefficient (Wildman–Crippen LogP) is 1.46. The highest BCUT2D eigenvalue weighted by atomic mass is 16.6. The van der Waals surface area contributed by atoms with Gasteiger partial charge in [0.2, 0.25) is 0 Å². The second-order valence-corrected chi connectivity index (χ2v) is 1.97. The van der Waals surface area contributed by atoms with E-state index in [-0.39, 0.29) is 5.69 Å². The molecule has 0 aromatic heterocycles. The van der Waals surface area contributed by atoms with E-state index in [2.05, 4.69) is 5.32 Å². The van der Waals surface area contributed by atoms with Gasteiger partial charge in [-0.3, -0.25) is 15.4 Å².